The maximum absolute atomic E-state index is 12.8. The second kappa shape index (κ2) is 10.9. The summed E-state index contributed by atoms with van der Waals surface area (Å²) < 4.78 is 10.6. The van der Waals surface area contributed by atoms with E-state index in [2.05, 4.69) is 10.2 Å². The maximum atomic E-state index is 12.8. The molecule has 0 radical (unpaired) electrons. The van der Waals surface area contributed by atoms with Crippen molar-refractivity contribution in [3.05, 3.63) is 83.4 Å². The van der Waals surface area contributed by atoms with Crippen molar-refractivity contribution in [3.8, 4) is 11.5 Å². The summed E-state index contributed by atoms with van der Waals surface area (Å²) in [6, 6.07) is 21.7. The van der Waals surface area contributed by atoms with Gasteiger partial charge in [0.15, 0.2) is 6.61 Å². The van der Waals surface area contributed by atoms with Crippen LogP contribution in [0.25, 0.3) is 0 Å². The van der Waals surface area contributed by atoms with Gasteiger partial charge in [-0.05, 0) is 72.8 Å². The lowest BCUT2D eigenvalue weighted by Gasteiger charge is -2.36. The summed E-state index contributed by atoms with van der Waals surface area (Å²) in [5.74, 6) is 1.10. The van der Waals surface area contributed by atoms with Crippen LogP contribution < -0.4 is 19.7 Å². The number of hydrogen-bond donors (Lipinski definition) is 1. The number of anilines is 2. The van der Waals surface area contributed by atoms with Crippen molar-refractivity contribution in [1.29, 1.82) is 0 Å². The minimum absolute atomic E-state index is 0.0289. The van der Waals surface area contributed by atoms with E-state index >= 15 is 0 Å². The Kier molecular flexibility index (Phi) is 7.54. The number of halogens is 1. The third kappa shape index (κ3) is 5.99. The van der Waals surface area contributed by atoms with Crippen LogP contribution in [0.5, 0.6) is 11.5 Å². The third-order valence-corrected chi connectivity index (χ3v) is 5.86. The molecule has 3 aromatic carbocycles. The Morgan fingerprint density at radius 2 is 1.47 bits per heavy atom. The number of methoxy groups -OCH3 is 1. The molecule has 0 atom stereocenters. The number of benzene rings is 3. The first-order chi connectivity index (χ1) is 16.5. The van der Waals surface area contributed by atoms with Crippen LogP contribution in [0.3, 0.4) is 0 Å². The second-order valence-corrected chi connectivity index (χ2v) is 8.28. The second-order valence-electron chi connectivity index (χ2n) is 7.85. The predicted octanol–water partition coefficient (Wildman–Crippen LogP) is 4.33. The number of rotatable bonds is 7. The molecule has 0 bridgehead atoms. The highest BCUT2D eigenvalue weighted by molar-refractivity contribution is 6.30. The molecule has 0 unspecified atom stereocenters. The highest BCUT2D eigenvalue weighted by atomic mass is 35.5. The van der Waals surface area contributed by atoms with Crippen LogP contribution in [0.4, 0.5) is 11.4 Å². The standard InChI is InChI=1S/C26H26ClN3O4/c1-33-23-10-2-19(3-11-23)26(32)30-16-14-29(15-17-30)22-8-6-21(7-9-22)28-25(31)18-34-24-12-4-20(27)5-13-24/h2-13H,14-18H2,1H3,(H,28,31). The van der Waals surface area contributed by atoms with E-state index in [-0.39, 0.29) is 18.4 Å². The lowest BCUT2D eigenvalue weighted by Crippen LogP contribution is -2.48. The number of carbonyl (C=O) groups is 2. The first-order valence-electron chi connectivity index (χ1n) is 11.0. The Balaban J connectivity index is 1.25. The fraction of sp³-hybridized carbons (Fsp3) is 0.231. The van der Waals surface area contributed by atoms with E-state index in [0.717, 1.165) is 24.5 Å². The zero-order valence-electron chi connectivity index (χ0n) is 18.9. The minimum atomic E-state index is -0.242. The molecular weight excluding hydrogens is 454 g/mol. The minimum Gasteiger partial charge on any atom is -0.497 e. The molecule has 0 spiro atoms. The molecule has 8 heteroatoms. The van der Waals surface area contributed by atoms with E-state index in [4.69, 9.17) is 21.1 Å². The molecule has 1 saturated heterocycles. The highest BCUT2D eigenvalue weighted by Gasteiger charge is 2.22. The number of amides is 2. The molecule has 1 aliphatic rings. The highest BCUT2D eigenvalue weighted by Crippen LogP contribution is 2.21. The summed E-state index contributed by atoms with van der Waals surface area (Å²) in [5, 5.41) is 3.44. The Morgan fingerprint density at radius 3 is 2.09 bits per heavy atom. The zero-order valence-corrected chi connectivity index (χ0v) is 19.6. The SMILES string of the molecule is COc1ccc(C(=O)N2CCN(c3ccc(NC(=O)COc4ccc(Cl)cc4)cc3)CC2)cc1. The molecule has 0 aliphatic carbocycles. The van der Waals surface area contributed by atoms with Crippen LogP contribution in [0.2, 0.25) is 5.02 Å². The molecule has 3 aromatic rings. The van der Waals surface area contributed by atoms with Crippen LogP contribution >= 0.6 is 11.6 Å². The van der Waals surface area contributed by atoms with E-state index in [1.165, 1.54) is 0 Å². The van der Waals surface area contributed by atoms with Crippen LogP contribution in [0, 0.1) is 0 Å². The number of ether oxygens (including phenoxy) is 2. The Morgan fingerprint density at radius 1 is 0.853 bits per heavy atom. The number of nitrogens with one attached hydrogen (secondary N) is 1. The number of carbonyl (C=O) groups excluding carboxylic acids is 2. The molecule has 1 fully saturated rings. The number of nitrogens with zero attached hydrogens (tertiary/aromatic N) is 2. The van der Waals surface area contributed by atoms with E-state index in [1.807, 2.05) is 29.2 Å². The molecule has 1 N–H and O–H groups in total. The average molecular weight is 480 g/mol. The molecule has 1 heterocycles. The number of piperazine rings is 1. The van der Waals surface area contributed by atoms with Gasteiger partial charge >= 0.3 is 0 Å². The summed E-state index contributed by atoms with van der Waals surface area (Å²) in [4.78, 5) is 29.0. The van der Waals surface area contributed by atoms with Crippen molar-refractivity contribution in [3.63, 3.8) is 0 Å². The van der Waals surface area contributed by atoms with Crippen LogP contribution in [0.15, 0.2) is 72.8 Å². The van der Waals surface area contributed by atoms with Gasteiger partial charge in [-0.3, -0.25) is 9.59 Å². The quantitative estimate of drug-likeness (QED) is 0.546. The van der Waals surface area contributed by atoms with Crippen LogP contribution in [-0.4, -0.2) is 56.6 Å². The molecular formula is C26H26ClN3O4. The van der Waals surface area contributed by atoms with Crippen LogP contribution in [-0.2, 0) is 4.79 Å². The molecule has 0 aromatic heterocycles. The zero-order chi connectivity index (χ0) is 23.9. The molecule has 1 aliphatic heterocycles. The smallest absolute Gasteiger partial charge is 0.262 e. The van der Waals surface area contributed by atoms with Gasteiger partial charge in [0.25, 0.3) is 11.8 Å². The van der Waals surface area contributed by atoms with E-state index in [1.54, 1.807) is 55.6 Å². The molecule has 34 heavy (non-hydrogen) atoms. The first-order valence-corrected chi connectivity index (χ1v) is 11.4. The topological polar surface area (TPSA) is 71.1 Å². The van der Waals surface area contributed by atoms with Gasteiger partial charge in [-0.1, -0.05) is 11.6 Å². The van der Waals surface area contributed by atoms with Gasteiger partial charge in [-0.2, -0.15) is 0 Å². The third-order valence-electron chi connectivity index (χ3n) is 5.60. The lowest BCUT2D eigenvalue weighted by molar-refractivity contribution is -0.118. The summed E-state index contributed by atoms with van der Waals surface area (Å²) in [6.07, 6.45) is 0. The van der Waals surface area contributed by atoms with Crippen molar-refractivity contribution in [1.82, 2.24) is 4.90 Å². The summed E-state index contributed by atoms with van der Waals surface area (Å²) in [6.45, 7) is 2.68. The van der Waals surface area contributed by atoms with Gasteiger partial charge in [0.2, 0.25) is 0 Å². The number of hydrogen-bond acceptors (Lipinski definition) is 5. The van der Waals surface area contributed by atoms with Crippen molar-refractivity contribution < 1.29 is 19.1 Å². The summed E-state index contributed by atoms with van der Waals surface area (Å²) >= 11 is 5.85. The maximum Gasteiger partial charge on any atom is 0.262 e. The van der Waals surface area contributed by atoms with E-state index in [0.29, 0.717) is 35.1 Å². The Hall–Kier alpha value is -3.71. The van der Waals surface area contributed by atoms with Gasteiger partial charge in [-0.25, -0.2) is 0 Å². The summed E-state index contributed by atoms with van der Waals surface area (Å²) in [7, 11) is 1.61. The fourth-order valence-corrected chi connectivity index (χ4v) is 3.84. The van der Waals surface area contributed by atoms with E-state index in [9.17, 15) is 9.59 Å². The molecule has 4 rings (SSSR count). The van der Waals surface area contributed by atoms with Crippen molar-refractivity contribution in [2.24, 2.45) is 0 Å². The first kappa shape index (κ1) is 23.4. The normalized spacial score (nSPS) is 13.4. The fourth-order valence-electron chi connectivity index (χ4n) is 3.72. The Bertz CT molecular complexity index is 1110. The van der Waals surface area contributed by atoms with Crippen molar-refractivity contribution >= 4 is 34.8 Å². The average Bonchev–Trinajstić information content (AvgIpc) is 2.88. The molecule has 0 saturated carbocycles. The molecule has 176 valence electrons. The summed E-state index contributed by atoms with van der Waals surface area (Å²) in [5.41, 5.74) is 2.41. The van der Waals surface area contributed by atoms with Crippen molar-refractivity contribution in [2.45, 2.75) is 0 Å². The van der Waals surface area contributed by atoms with Gasteiger partial charge in [-0.15, -0.1) is 0 Å². The lowest BCUT2D eigenvalue weighted by atomic mass is 10.1. The van der Waals surface area contributed by atoms with E-state index < -0.39 is 0 Å². The van der Waals surface area contributed by atoms with Gasteiger partial charge in [0.1, 0.15) is 11.5 Å². The predicted molar refractivity (Wildman–Crippen MR) is 133 cm³/mol. The van der Waals surface area contributed by atoms with Gasteiger partial charge < -0.3 is 24.6 Å². The largest absolute Gasteiger partial charge is 0.497 e. The monoisotopic (exact) mass is 479 g/mol. The van der Waals surface area contributed by atoms with Crippen molar-refractivity contribution in [2.75, 3.05) is 50.1 Å². The molecule has 7 nitrogen and oxygen atoms in total. The van der Waals surface area contributed by atoms with Gasteiger partial charge in [0.05, 0.1) is 7.11 Å². The Labute approximate surface area is 203 Å². The molecule has 2 amide bonds. The van der Waals surface area contributed by atoms with Gasteiger partial charge in [0, 0.05) is 48.1 Å². The van der Waals surface area contributed by atoms with Crippen LogP contribution in [0.1, 0.15) is 10.4 Å².